The minimum atomic E-state index is -0.285. The second kappa shape index (κ2) is 8.88. The molecule has 2 unspecified atom stereocenters. The van der Waals surface area contributed by atoms with Crippen LogP contribution in [0.25, 0.3) is 10.9 Å². The van der Waals surface area contributed by atoms with E-state index in [9.17, 15) is 9.59 Å². The van der Waals surface area contributed by atoms with Crippen molar-refractivity contribution in [3.05, 3.63) is 34.6 Å². The summed E-state index contributed by atoms with van der Waals surface area (Å²) in [5, 5.41) is 0.932. The van der Waals surface area contributed by atoms with Crippen LogP contribution in [0.4, 0.5) is 0 Å². The van der Waals surface area contributed by atoms with Crippen LogP contribution in [-0.2, 0) is 16.1 Å². The minimum absolute atomic E-state index is 0.0320. The first-order valence-corrected chi connectivity index (χ1v) is 11.5. The molecular weight excluding hydrogens is 386 g/mol. The fraction of sp³-hybridized carbons (Fsp3) is 0.591. The number of piperidine rings is 1. The lowest BCUT2D eigenvalue weighted by Crippen LogP contribution is -2.42. The maximum Gasteiger partial charge on any atom is 0.262 e. The molecule has 2 saturated heterocycles. The van der Waals surface area contributed by atoms with Crippen molar-refractivity contribution in [2.75, 3.05) is 19.7 Å². The quantitative estimate of drug-likeness (QED) is 0.554. The zero-order valence-corrected chi connectivity index (χ0v) is 18.0. The highest BCUT2D eigenvalue weighted by Crippen LogP contribution is 2.27. The van der Waals surface area contributed by atoms with Crippen molar-refractivity contribution in [3.63, 3.8) is 0 Å². The van der Waals surface area contributed by atoms with Crippen molar-refractivity contribution in [1.29, 1.82) is 0 Å². The highest BCUT2D eigenvalue weighted by Gasteiger charge is 2.27. The summed E-state index contributed by atoms with van der Waals surface area (Å²) in [5.41, 5.74) is 0.620. The number of amides is 1. The summed E-state index contributed by atoms with van der Waals surface area (Å²) < 4.78 is 7.48. The summed E-state index contributed by atoms with van der Waals surface area (Å²) in [7, 11) is 0. The Labute approximate surface area is 175 Å². The predicted octanol–water partition coefficient (Wildman–Crippen LogP) is 3.31. The van der Waals surface area contributed by atoms with Crippen LogP contribution in [0.3, 0.4) is 0 Å². The fourth-order valence-electron chi connectivity index (χ4n) is 4.09. The zero-order valence-electron chi connectivity index (χ0n) is 17.2. The molecule has 0 saturated carbocycles. The Balaban J connectivity index is 1.60. The van der Waals surface area contributed by atoms with Crippen molar-refractivity contribution in [2.45, 2.75) is 62.6 Å². The van der Waals surface area contributed by atoms with Gasteiger partial charge in [-0.25, -0.2) is 4.98 Å². The van der Waals surface area contributed by atoms with E-state index in [0.29, 0.717) is 28.5 Å². The van der Waals surface area contributed by atoms with E-state index in [4.69, 9.17) is 9.72 Å². The average molecular weight is 416 g/mol. The van der Waals surface area contributed by atoms with Gasteiger partial charge in [0.15, 0.2) is 5.16 Å². The first-order chi connectivity index (χ1) is 14.0. The molecule has 2 aliphatic heterocycles. The SMILES string of the molecule is CC1CCN(C(=O)C(C)Sc2nc3ccccc3c(=O)n2CC2CCCO2)CC1. The number of rotatable bonds is 5. The molecular formula is C22H29N3O3S. The summed E-state index contributed by atoms with van der Waals surface area (Å²) >= 11 is 1.39. The second-order valence-electron chi connectivity index (χ2n) is 8.23. The van der Waals surface area contributed by atoms with Crippen molar-refractivity contribution < 1.29 is 9.53 Å². The fourth-order valence-corrected chi connectivity index (χ4v) is 5.09. The summed E-state index contributed by atoms with van der Waals surface area (Å²) in [4.78, 5) is 32.9. The van der Waals surface area contributed by atoms with Crippen molar-refractivity contribution in [1.82, 2.24) is 14.5 Å². The van der Waals surface area contributed by atoms with E-state index in [2.05, 4.69) is 6.92 Å². The highest BCUT2D eigenvalue weighted by molar-refractivity contribution is 8.00. The Morgan fingerprint density at radius 2 is 2.03 bits per heavy atom. The molecule has 0 N–H and O–H groups in total. The number of likely N-dealkylation sites (tertiary alicyclic amines) is 1. The van der Waals surface area contributed by atoms with Crippen LogP contribution >= 0.6 is 11.8 Å². The standard InChI is InChI=1S/C22H29N3O3S/c1-15-9-11-24(12-10-15)20(26)16(2)29-22-23-19-8-4-3-7-18(19)21(27)25(22)14-17-6-5-13-28-17/h3-4,7-8,15-17H,5-6,9-14H2,1-2H3. The van der Waals surface area contributed by atoms with E-state index < -0.39 is 0 Å². The number of para-hydroxylation sites is 1. The van der Waals surface area contributed by atoms with Gasteiger partial charge in [0, 0.05) is 19.7 Å². The third-order valence-electron chi connectivity index (χ3n) is 5.96. The molecule has 4 rings (SSSR count). The van der Waals surface area contributed by atoms with Gasteiger partial charge in [-0.2, -0.15) is 0 Å². The minimum Gasteiger partial charge on any atom is -0.376 e. The number of fused-ring (bicyclic) bond motifs is 1. The van der Waals surface area contributed by atoms with Gasteiger partial charge in [-0.1, -0.05) is 30.8 Å². The molecule has 29 heavy (non-hydrogen) atoms. The van der Waals surface area contributed by atoms with Gasteiger partial charge in [0.2, 0.25) is 5.91 Å². The summed E-state index contributed by atoms with van der Waals surface area (Å²) in [6.07, 6.45) is 4.11. The molecule has 0 bridgehead atoms. The van der Waals surface area contributed by atoms with E-state index in [0.717, 1.165) is 45.4 Å². The maximum atomic E-state index is 13.2. The molecule has 1 aromatic heterocycles. The zero-order chi connectivity index (χ0) is 20.4. The molecule has 0 radical (unpaired) electrons. The third-order valence-corrected chi connectivity index (χ3v) is 7.04. The first-order valence-electron chi connectivity index (χ1n) is 10.6. The Hall–Kier alpha value is -1.86. The Bertz CT molecular complexity index is 931. The molecule has 6 nitrogen and oxygen atoms in total. The lowest BCUT2D eigenvalue weighted by Gasteiger charge is -2.32. The number of thioether (sulfide) groups is 1. The number of carbonyl (C=O) groups excluding carboxylic acids is 1. The number of hydrogen-bond donors (Lipinski definition) is 0. The summed E-state index contributed by atoms with van der Waals surface area (Å²) in [5.74, 6) is 0.814. The van der Waals surface area contributed by atoms with Gasteiger partial charge < -0.3 is 9.64 Å². The number of carbonyl (C=O) groups is 1. The second-order valence-corrected chi connectivity index (χ2v) is 9.54. The number of aromatic nitrogens is 2. The van der Waals surface area contributed by atoms with Crippen molar-refractivity contribution >= 4 is 28.6 Å². The van der Waals surface area contributed by atoms with Crippen LogP contribution in [0.5, 0.6) is 0 Å². The molecule has 3 heterocycles. The first kappa shape index (κ1) is 20.4. The van der Waals surface area contributed by atoms with E-state index in [1.165, 1.54) is 11.8 Å². The van der Waals surface area contributed by atoms with E-state index in [1.807, 2.05) is 36.1 Å². The Kier molecular flexibility index (Phi) is 6.25. The molecule has 2 fully saturated rings. The largest absolute Gasteiger partial charge is 0.376 e. The van der Waals surface area contributed by atoms with Crippen LogP contribution < -0.4 is 5.56 Å². The number of nitrogens with zero attached hydrogens (tertiary/aromatic N) is 3. The van der Waals surface area contributed by atoms with Crippen molar-refractivity contribution in [2.24, 2.45) is 5.92 Å². The molecule has 2 atom stereocenters. The molecule has 0 spiro atoms. The molecule has 2 aliphatic rings. The maximum absolute atomic E-state index is 13.2. The summed E-state index contributed by atoms with van der Waals surface area (Å²) in [6.45, 7) is 7.02. The average Bonchev–Trinajstić information content (AvgIpc) is 3.24. The molecule has 7 heteroatoms. The number of hydrogen-bond acceptors (Lipinski definition) is 5. The van der Waals surface area contributed by atoms with Gasteiger partial charge in [-0.15, -0.1) is 0 Å². The summed E-state index contributed by atoms with van der Waals surface area (Å²) in [6, 6.07) is 7.42. The number of ether oxygens (including phenoxy) is 1. The lowest BCUT2D eigenvalue weighted by molar-refractivity contribution is -0.131. The van der Waals surface area contributed by atoms with Gasteiger partial charge in [-0.3, -0.25) is 14.2 Å². The van der Waals surface area contributed by atoms with E-state index in [1.54, 1.807) is 4.57 Å². The molecule has 1 aromatic carbocycles. The van der Waals surface area contributed by atoms with Gasteiger partial charge in [0.1, 0.15) is 0 Å². The van der Waals surface area contributed by atoms with E-state index in [-0.39, 0.29) is 22.8 Å². The highest BCUT2D eigenvalue weighted by atomic mass is 32.2. The van der Waals surface area contributed by atoms with Crippen LogP contribution in [0.1, 0.15) is 39.5 Å². The van der Waals surface area contributed by atoms with Gasteiger partial charge in [0.25, 0.3) is 5.56 Å². The molecule has 1 amide bonds. The normalized spacial score (nSPS) is 21.6. The third kappa shape index (κ3) is 4.51. The lowest BCUT2D eigenvalue weighted by atomic mass is 9.99. The van der Waals surface area contributed by atoms with Crippen LogP contribution in [0, 0.1) is 5.92 Å². The molecule has 156 valence electrons. The topological polar surface area (TPSA) is 64.4 Å². The Morgan fingerprint density at radius 3 is 2.76 bits per heavy atom. The number of benzene rings is 1. The van der Waals surface area contributed by atoms with Crippen LogP contribution in [0.15, 0.2) is 34.2 Å². The van der Waals surface area contributed by atoms with Gasteiger partial charge in [0.05, 0.1) is 28.8 Å². The Morgan fingerprint density at radius 1 is 1.28 bits per heavy atom. The van der Waals surface area contributed by atoms with Gasteiger partial charge in [-0.05, 0) is 50.7 Å². The predicted molar refractivity (Wildman–Crippen MR) is 115 cm³/mol. The van der Waals surface area contributed by atoms with Crippen LogP contribution in [0.2, 0.25) is 0 Å². The molecule has 0 aliphatic carbocycles. The van der Waals surface area contributed by atoms with E-state index >= 15 is 0 Å². The molecule has 2 aromatic rings. The smallest absolute Gasteiger partial charge is 0.262 e. The van der Waals surface area contributed by atoms with Crippen molar-refractivity contribution in [3.8, 4) is 0 Å². The van der Waals surface area contributed by atoms with Crippen LogP contribution in [-0.4, -0.2) is 51.4 Å². The monoisotopic (exact) mass is 415 g/mol. The van der Waals surface area contributed by atoms with Gasteiger partial charge >= 0.3 is 0 Å².